The first-order valence-corrected chi connectivity index (χ1v) is 12.0. The lowest BCUT2D eigenvalue weighted by atomic mass is 9.96. The van der Waals surface area contributed by atoms with Crippen molar-refractivity contribution in [3.8, 4) is 5.75 Å². The summed E-state index contributed by atoms with van der Waals surface area (Å²) in [4.78, 5) is 39.4. The molecule has 0 spiro atoms. The summed E-state index contributed by atoms with van der Waals surface area (Å²) in [6.07, 6.45) is 5.64. The van der Waals surface area contributed by atoms with E-state index in [4.69, 9.17) is 0 Å². The molecule has 1 saturated heterocycles. The summed E-state index contributed by atoms with van der Waals surface area (Å²) in [6.45, 7) is 3.49. The molecule has 1 atom stereocenters. The maximum absolute atomic E-state index is 13.4. The second-order valence-corrected chi connectivity index (χ2v) is 8.79. The number of piperidine rings is 1. The highest BCUT2D eigenvalue weighted by Gasteiger charge is 2.29. The smallest absolute Gasteiger partial charge is 0.257 e. The molecule has 0 bridgehead atoms. The summed E-state index contributed by atoms with van der Waals surface area (Å²) in [5.74, 6) is -3.65. The summed E-state index contributed by atoms with van der Waals surface area (Å²) >= 11 is 0. The first-order valence-electron chi connectivity index (χ1n) is 12.0. The van der Waals surface area contributed by atoms with Gasteiger partial charge in [-0.3, -0.25) is 14.4 Å². The van der Waals surface area contributed by atoms with E-state index in [1.165, 1.54) is 18.2 Å². The SMILES string of the molecule is CCCCCCNC(=O)C1CCCN(C(=O)c2ccc(NC(=O)c3cc(F)cc(F)c3)cc2O)C1. The molecule has 9 heteroatoms. The van der Waals surface area contributed by atoms with E-state index in [-0.39, 0.29) is 40.9 Å². The highest BCUT2D eigenvalue weighted by atomic mass is 19.1. The number of benzene rings is 2. The Bertz CT molecular complexity index is 1060. The van der Waals surface area contributed by atoms with Crippen LogP contribution in [0.3, 0.4) is 0 Å². The molecule has 0 radical (unpaired) electrons. The molecule has 3 amide bonds. The maximum Gasteiger partial charge on any atom is 0.257 e. The number of hydrogen-bond donors (Lipinski definition) is 3. The van der Waals surface area contributed by atoms with E-state index >= 15 is 0 Å². The van der Waals surface area contributed by atoms with Gasteiger partial charge >= 0.3 is 0 Å². The van der Waals surface area contributed by atoms with Crippen LogP contribution in [0, 0.1) is 17.6 Å². The number of likely N-dealkylation sites (tertiary alicyclic amines) is 1. The van der Waals surface area contributed by atoms with Crippen LogP contribution in [0.5, 0.6) is 5.75 Å². The first-order chi connectivity index (χ1) is 16.8. The van der Waals surface area contributed by atoms with Gasteiger partial charge < -0.3 is 20.6 Å². The molecule has 1 fully saturated rings. The van der Waals surface area contributed by atoms with E-state index in [0.29, 0.717) is 32.0 Å². The molecule has 0 aliphatic carbocycles. The Morgan fingerprint density at radius 2 is 1.80 bits per heavy atom. The molecule has 1 aliphatic heterocycles. The van der Waals surface area contributed by atoms with Gasteiger partial charge in [-0.1, -0.05) is 26.2 Å². The van der Waals surface area contributed by atoms with Crippen molar-refractivity contribution in [2.45, 2.75) is 45.4 Å². The van der Waals surface area contributed by atoms with Gasteiger partial charge in [0.15, 0.2) is 0 Å². The average molecular weight is 488 g/mol. The van der Waals surface area contributed by atoms with Crippen LogP contribution in [0.15, 0.2) is 36.4 Å². The molecule has 1 unspecified atom stereocenters. The minimum atomic E-state index is -0.885. The molecular weight excluding hydrogens is 456 g/mol. The number of unbranched alkanes of at least 4 members (excludes halogenated alkanes) is 3. The number of amides is 3. The van der Waals surface area contributed by atoms with Gasteiger partial charge in [0, 0.05) is 43.0 Å². The Balaban J connectivity index is 1.60. The molecule has 7 nitrogen and oxygen atoms in total. The zero-order valence-electron chi connectivity index (χ0n) is 19.8. The highest BCUT2D eigenvalue weighted by Crippen LogP contribution is 2.26. The van der Waals surface area contributed by atoms with Crippen molar-refractivity contribution in [3.05, 3.63) is 59.2 Å². The fraction of sp³-hybridized carbons (Fsp3) is 0.423. The lowest BCUT2D eigenvalue weighted by molar-refractivity contribution is -0.126. The molecule has 35 heavy (non-hydrogen) atoms. The van der Waals surface area contributed by atoms with Gasteiger partial charge in [0.1, 0.15) is 17.4 Å². The Kier molecular flexibility index (Phi) is 9.17. The van der Waals surface area contributed by atoms with Crippen LogP contribution in [-0.2, 0) is 4.79 Å². The fourth-order valence-electron chi connectivity index (χ4n) is 4.13. The molecule has 0 saturated carbocycles. The lowest BCUT2D eigenvalue weighted by Crippen LogP contribution is -2.45. The quantitative estimate of drug-likeness (QED) is 0.455. The maximum atomic E-state index is 13.4. The van der Waals surface area contributed by atoms with Gasteiger partial charge in [-0.05, 0) is 43.5 Å². The molecule has 3 rings (SSSR count). The largest absolute Gasteiger partial charge is 0.507 e. The molecule has 2 aromatic rings. The second-order valence-electron chi connectivity index (χ2n) is 8.79. The summed E-state index contributed by atoms with van der Waals surface area (Å²) < 4.78 is 26.7. The van der Waals surface area contributed by atoms with Crippen molar-refractivity contribution in [2.24, 2.45) is 5.92 Å². The zero-order valence-corrected chi connectivity index (χ0v) is 19.8. The molecule has 3 N–H and O–H groups in total. The summed E-state index contributed by atoms with van der Waals surface area (Å²) in [7, 11) is 0. The Morgan fingerprint density at radius 1 is 1.06 bits per heavy atom. The molecule has 2 aromatic carbocycles. The van der Waals surface area contributed by atoms with E-state index in [9.17, 15) is 28.3 Å². The van der Waals surface area contributed by atoms with Crippen molar-refractivity contribution in [3.63, 3.8) is 0 Å². The van der Waals surface area contributed by atoms with Gasteiger partial charge in [-0.25, -0.2) is 8.78 Å². The number of phenols is 1. The fourth-order valence-corrected chi connectivity index (χ4v) is 4.13. The van der Waals surface area contributed by atoms with Crippen LogP contribution in [-0.4, -0.2) is 47.4 Å². The number of nitrogens with one attached hydrogen (secondary N) is 2. The second kappa shape index (κ2) is 12.3. The number of halogens is 2. The first kappa shape index (κ1) is 26.1. The van der Waals surface area contributed by atoms with E-state index < -0.39 is 23.4 Å². The third-order valence-electron chi connectivity index (χ3n) is 6.02. The Labute approximate surface area is 203 Å². The van der Waals surface area contributed by atoms with Gasteiger partial charge in [0.25, 0.3) is 11.8 Å². The molecule has 0 aromatic heterocycles. The summed E-state index contributed by atoms with van der Waals surface area (Å²) in [5.41, 5.74) is -0.0155. The predicted octanol–water partition coefficient (Wildman–Crippen LogP) is 4.47. The van der Waals surface area contributed by atoms with E-state index in [0.717, 1.165) is 37.8 Å². The number of carbonyl (C=O) groups is 3. The number of phenolic OH excluding ortho intramolecular Hbond substituents is 1. The predicted molar refractivity (Wildman–Crippen MR) is 128 cm³/mol. The molecule has 1 heterocycles. The number of rotatable bonds is 9. The third-order valence-corrected chi connectivity index (χ3v) is 6.02. The minimum absolute atomic E-state index is 0.0421. The number of hydrogen-bond acceptors (Lipinski definition) is 4. The Hall–Kier alpha value is -3.49. The van der Waals surface area contributed by atoms with Crippen molar-refractivity contribution >= 4 is 23.4 Å². The highest BCUT2D eigenvalue weighted by molar-refractivity contribution is 6.05. The topological polar surface area (TPSA) is 98.7 Å². The van der Waals surface area contributed by atoms with Crippen molar-refractivity contribution in [2.75, 3.05) is 25.0 Å². The van der Waals surface area contributed by atoms with Gasteiger partial charge in [-0.2, -0.15) is 0 Å². The third kappa shape index (κ3) is 7.24. The lowest BCUT2D eigenvalue weighted by Gasteiger charge is -2.32. The van der Waals surface area contributed by atoms with Crippen LogP contribution in [0.25, 0.3) is 0 Å². The van der Waals surface area contributed by atoms with Crippen molar-refractivity contribution in [1.82, 2.24) is 10.2 Å². The van der Waals surface area contributed by atoms with Crippen LogP contribution in [0.1, 0.15) is 66.2 Å². The molecular formula is C26H31F2N3O4. The van der Waals surface area contributed by atoms with Gasteiger partial charge in [0.05, 0.1) is 11.5 Å². The number of aromatic hydroxyl groups is 1. The van der Waals surface area contributed by atoms with Crippen LogP contribution < -0.4 is 10.6 Å². The van der Waals surface area contributed by atoms with Crippen molar-refractivity contribution < 1.29 is 28.3 Å². The normalized spacial score (nSPS) is 15.5. The van der Waals surface area contributed by atoms with Gasteiger partial charge in [0.2, 0.25) is 5.91 Å². The molecule has 1 aliphatic rings. The monoisotopic (exact) mass is 487 g/mol. The van der Waals surface area contributed by atoms with Crippen molar-refractivity contribution in [1.29, 1.82) is 0 Å². The standard InChI is InChI=1S/C26H31F2N3O4/c1-2-3-4-5-10-29-24(33)17-7-6-11-31(16-17)26(35)22-9-8-21(15-23(22)32)30-25(34)18-12-19(27)14-20(28)13-18/h8-9,12-15,17,32H,2-7,10-11,16H2,1H3,(H,29,33)(H,30,34). The van der Waals surface area contributed by atoms with E-state index in [1.807, 2.05) is 0 Å². The van der Waals surface area contributed by atoms with Crippen LogP contribution in [0.2, 0.25) is 0 Å². The minimum Gasteiger partial charge on any atom is -0.507 e. The van der Waals surface area contributed by atoms with Gasteiger partial charge in [-0.15, -0.1) is 0 Å². The zero-order chi connectivity index (χ0) is 25.4. The number of anilines is 1. The van der Waals surface area contributed by atoms with Crippen LogP contribution in [0.4, 0.5) is 14.5 Å². The van der Waals surface area contributed by atoms with E-state index in [2.05, 4.69) is 17.6 Å². The number of nitrogens with zero attached hydrogens (tertiary/aromatic N) is 1. The Morgan fingerprint density at radius 3 is 2.49 bits per heavy atom. The van der Waals surface area contributed by atoms with E-state index in [1.54, 1.807) is 4.90 Å². The average Bonchev–Trinajstić information content (AvgIpc) is 2.83. The summed E-state index contributed by atoms with van der Waals surface area (Å²) in [5, 5.41) is 15.8. The van der Waals surface area contributed by atoms with Crippen LogP contribution >= 0.6 is 0 Å². The number of carbonyl (C=O) groups excluding carboxylic acids is 3. The molecule has 188 valence electrons. The summed E-state index contributed by atoms with van der Waals surface area (Å²) in [6, 6.07) is 6.44.